The largest absolute Gasteiger partial charge is 0.352 e. The summed E-state index contributed by atoms with van der Waals surface area (Å²) in [6, 6.07) is 3.44. The Morgan fingerprint density at radius 1 is 1.64 bits per heavy atom. The number of amides is 1. The Morgan fingerprint density at radius 2 is 2.43 bits per heavy atom. The molecule has 0 radical (unpaired) electrons. The predicted octanol–water partition coefficient (Wildman–Crippen LogP) is 1.98. The molecule has 0 unspecified atom stereocenters. The van der Waals surface area contributed by atoms with Crippen LogP contribution in [0.15, 0.2) is 22.9 Å². The van der Waals surface area contributed by atoms with Gasteiger partial charge in [-0.1, -0.05) is 0 Å². The van der Waals surface area contributed by atoms with Crippen LogP contribution in [0.3, 0.4) is 0 Å². The van der Waals surface area contributed by atoms with Gasteiger partial charge in [-0.2, -0.15) is 0 Å². The highest BCUT2D eigenvalue weighted by Crippen LogP contribution is 2.27. The van der Waals surface area contributed by atoms with E-state index in [1.807, 2.05) is 0 Å². The van der Waals surface area contributed by atoms with Gasteiger partial charge in [0.15, 0.2) is 0 Å². The molecule has 1 heterocycles. The minimum atomic E-state index is -0.0139. The van der Waals surface area contributed by atoms with Crippen molar-refractivity contribution in [2.75, 3.05) is 6.54 Å². The fourth-order valence-electron chi connectivity index (χ4n) is 1.20. The molecule has 1 aromatic rings. The Kier molecular flexibility index (Phi) is 2.82. The lowest BCUT2D eigenvalue weighted by atomic mass is 10.2. The number of hydrogen-bond donors (Lipinski definition) is 1. The van der Waals surface area contributed by atoms with E-state index in [0.717, 1.165) is 6.54 Å². The first-order valence-corrected chi connectivity index (χ1v) is 5.45. The average molecular weight is 255 g/mol. The van der Waals surface area contributed by atoms with E-state index in [-0.39, 0.29) is 5.91 Å². The van der Waals surface area contributed by atoms with Crippen molar-refractivity contribution in [3.05, 3.63) is 28.5 Å². The van der Waals surface area contributed by atoms with Crippen LogP contribution >= 0.6 is 15.9 Å². The molecular weight excluding hydrogens is 244 g/mol. The van der Waals surface area contributed by atoms with Crippen LogP contribution in [-0.2, 0) is 0 Å². The standard InChI is InChI=1S/C10H11BrN2O/c11-9-5-8(3-4-12-9)10(14)13-6-7-1-2-7/h3-5,7H,1-2,6H2,(H,13,14). The number of carbonyl (C=O) groups is 1. The second kappa shape index (κ2) is 4.09. The Balaban J connectivity index is 1.95. The normalized spacial score (nSPS) is 15.2. The highest BCUT2D eigenvalue weighted by atomic mass is 79.9. The maximum Gasteiger partial charge on any atom is 0.251 e. The highest BCUT2D eigenvalue weighted by molar-refractivity contribution is 9.10. The van der Waals surface area contributed by atoms with Crippen molar-refractivity contribution in [3.8, 4) is 0 Å². The number of halogens is 1. The highest BCUT2D eigenvalue weighted by Gasteiger charge is 2.21. The predicted molar refractivity (Wildman–Crippen MR) is 57.0 cm³/mol. The molecule has 2 rings (SSSR count). The van der Waals surface area contributed by atoms with E-state index in [2.05, 4.69) is 26.2 Å². The number of rotatable bonds is 3. The Labute approximate surface area is 91.0 Å². The number of carbonyl (C=O) groups excluding carboxylic acids is 1. The van der Waals surface area contributed by atoms with E-state index in [1.54, 1.807) is 18.3 Å². The third-order valence-electron chi connectivity index (χ3n) is 2.24. The van der Waals surface area contributed by atoms with Crippen molar-refractivity contribution in [2.45, 2.75) is 12.8 Å². The van der Waals surface area contributed by atoms with Crippen molar-refractivity contribution in [1.29, 1.82) is 0 Å². The molecule has 1 aliphatic carbocycles. The average Bonchev–Trinajstić information content (AvgIpc) is 2.97. The van der Waals surface area contributed by atoms with Crippen LogP contribution in [0.1, 0.15) is 23.2 Å². The lowest BCUT2D eigenvalue weighted by Crippen LogP contribution is -2.25. The second-order valence-corrected chi connectivity index (χ2v) is 4.33. The van der Waals surface area contributed by atoms with Gasteiger partial charge in [0.2, 0.25) is 0 Å². The first-order valence-electron chi connectivity index (χ1n) is 4.65. The topological polar surface area (TPSA) is 42.0 Å². The third kappa shape index (κ3) is 2.54. The zero-order valence-electron chi connectivity index (χ0n) is 7.66. The quantitative estimate of drug-likeness (QED) is 0.839. The lowest BCUT2D eigenvalue weighted by Gasteiger charge is -2.03. The van der Waals surface area contributed by atoms with Gasteiger partial charge < -0.3 is 5.32 Å². The van der Waals surface area contributed by atoms with E-state index < -0.39 is 0 Å². The summed E-state index contributed by atoms with van der Waals surface area (Å²) in [5.74, 6) is 0.698. The molecule has 74 valence electrons. The molecule has 1 aliphatic rings. The molecule has 1 saturated carbocycles. The van der Waals surface area contributed by atoms with Gasteiger partial charge in [-0.3, -0.25) is 4.79 Å². The molecule has 1 amide bonds. The molecule has 0 saturated heterocycles. The van der Waals surface area contributed by atoms with Gasteiger partial charge in [0.25, 0.3) is 5.91 Å². The molecule has 1 aromatic heterocycles. The number of hydrogen-bond acceptors (Lipinski definition) is 2. The maximum atomic E-state index is 11.6. The van der Waals surface area contributed by atoms with Gasteiger partial charge in [-0.25, -0.2) is 4.98 Å². The van der Waals surface area contributed by atoms with Crippen LogP contribution < -0.4 is 5.32 Å². The van der Waals surface area contributed by atoms with Gasteiger partial charge in [0.05, 0.1) is 0 Å². The van der Waals surface area contributed by atoms with Gasteiger partial charge in [-0.15, -0.1) is 0 Å². The minimum absolute atomic E-state index is 0.0139. The van der Waals surface area contributed by atoms with Crippen LogP contribution in [-0.4, -0.2) is 17.4 Å². The molecule has 0 atom stereocenters. The van der Waals surface area contributed by atoms with Crippen molar-refractivity contribution in [3.63, 3.8) is 0 Å². The van der Waals surface area contributed by atoms with Gasteiger partial charge in [-0.05, 0) is 46.8 Å². The number of aromatic nitrogens is 1. The van der Waals surface area contributed by atoms with Gasteiger partial charge in [0, 0.05) is 18.3 Å². The summed E-state index contributed by atoms with van der Waals surface area (Å²) in [6.45, 7) is 0.804. The molecule has 0 spiro atoms. The summed E-state index contributed by atoms with van der Waals surface area (Å²) in [4.78, 5) is 15.5. The molecule has 0 bridgehead atoms. The zero-order chi connectivity index (χ0) is 9.97. The number of nitrogens with zero attached hydrogens (tertiary/aromatic N) is 1. The zero-order valence-corrected chi connectivity index (χ0v) is 9.25. The molecule has 4 heteroatoms. The van der Waals surface area contributed by atoms with Crippen molar-refractivity contribution in [1.82, 2.24) is 10.3 Å². The maximum absolute atomic E-state index is 11.6. The minimum Gasteiger partial charge on any atom is -0.352 e. The molecule has 3 nitrogen and oxygen atoms in total. The summed E-state index contributed by atoms with van der Waals surface area (Å²) in [7, 11) is 0. The van der Waals surface area contributed by atoms with Crippen molar-refractivity contribution < 1.29 is 4.79 Å². The summed E-state index contributed by atoms with van der Waals surface area (Å²) >= 11 is 3.23. The van der Waals surface area contributed by atoms with Crippen LogP contribution in [0.4, 0.5) is 0 Å². The molecule has 0 aromatic carbocycles. The van der Waals surface area contributed by atoms with Gasteiger partial charge >= 0.3 is 0 Å². The van der Waals surface area contributed by atoms with E-state index in [9.17, 15) is 4.79 Å². The molecule has 1 N–H and O–H groups in total. The Hall–Kier alpha value is -0.900. The van der Waals surface area contributed by atoms with Crippen LogP contribution in [0.2, 0.25) is 0 Å². The monoisotopic (exact) mass is 254 g/mol. The first-order chi connectivity index (χ1) is 6.75. The Bertz CT molecular complexity index is 350. The van der Waals surface area contributed by atoms with E-state index in [1.165, 1.54) is 12.8 Å². The summed E-state index contributed by atoms with van der Waals surface area (Å²) in [5, 5.41) is 2.90. The lowest BCUT2D eigenvalue weighted by molar-refractivity contribution is 0.0951. The molecule has 14 heavy (non-hydrogen) atoms. The van der Waals surface area contributed by atoms with Crippen LogP contribution in [0.25, 0.3) is 0 Å². The summed E-state index contributed by atoms with van der Waals surface area (Å²) in [5.41, 5.74) is 0.660. The third-order valence-corrected chi connectivity index (χ3v) is 2.67. The first kappa shape index (κ1) is 9.65. The molecular formula is C10H11BrN2O. The fourth-order valence-corrected chi connectivity index (χ4v) is 1.57. The number of pyridine rings is 1. The van der Waals surface area contributed by atoms with Gasteiger partial charge in [0.1, 0.15) is 4.60 Å². The summed E-state index contributed by atoms with van der Waals surface area (Å²) < 4.78 is 0.691. The van der Waals surface area contributed by atoms with Crippen molar-refractivity contribution >= 4 is 21.8 Å². The molecule has 1 fully saturated rings. The molecule has 0 aliphatic heterocycles. The summed E-state index contributed by atoms with van der Waals surface area (Å²) in [6.07, 6.45) is 4.12. The van der Waals surface area contributed by atoms with E-state index in [0.29, 0.717) is 16.1 Å². The fraction of sp³-hybridized carbons (Fsp3) is 0.400. The van der Waals surface area contributed by atoms with Crippen molar-refractivity contribution in [2.24, 2.45) is 5.92 Å². The Morgan fingerprint density at radius 3 is 3.07 bits per heavy atom. The van der Waals surface area contributed by atoms with E-state index >= 15 is 0 Å². The smallest absolute Gasteiger partial charge is 0.251 e. The van der Waals surface area contributed by atoms with Crippen LogP contribution in [0.5, 0.6) is 0 Å². The number of nitrogens with one attached hydrogen (secondary N) is 1. The second-order valence-electron chi connectivity index (χ2n) is 3.52. The van der Waals surface area contributed by atoms with Crippen LogP contribution in [0, 0.1) is 5.92 Å². The SMILES string of the molecule is O=C(NCC1CC1)c1ccnc(Br)c1. The van der Waals surface area contributed by atoms with E-state index in [4.69, 9.17) is 0 Å².